The highest BCUT2D eigenvalue weighted by atomic mass is 32.2. The molecule has 0 bridgehead atoms. The van der Waals surface area contributed by atoms with E-state index in [9.17, 15) is 12.8 Å². The molecule has 0 amide bonds. The first-order chi connectivity index (χ1) is 12.4. The lowest BCUT2D eigenvalue weighted by molar-refractivity contribution is 0.568. The van der Waals surface area contributed by atoms with Gasteiger partial charge in [0.05, 0.1) is 11.1 Å². The zero-order chi connectivity index (χ0) is 18.7. The second-order valence-electron chi connectivity index (χ2n) is 6.41. The summed E-state index contributed by atoms with van der Waals surface area (Å²) in [5, 5.41) is 0. The molecular weight excluding hydrogens is 357 g/mol. The lowest BCUT2D eigenvalue weighted by atomic mass is 10.1. The van der Waals surface area contributed by atoms with Crippen LogP contribution in [0.4, 0.5) is 21.8 Å². The highest BCUT2D eigenvalue weighted by Crippen LogP contribution is 2.27. The Morgan fingerprint density at radius 3 is 2.58 bits per heavy atom. The van der Waals surface area contributed by atoms with Crippen molar-refractivity contribution < 1.29 is 12.8 Å². The van der Waals surface area contributed by atoms with Gasteiger partial charge in [-0.2, -0.15) is 4.98 Å². The molecule has 140 valence electrons. The summed E-state index contributed by atoms with van der Waals surface area (Å²) in [6.45, 7) is 1.78. The molecule has 3 rings (SSSR count). The molecular formula is C17H22FN5O2S. The van der Waals surface area contributed by atoms with Gasteiger partial charge < -0.3 is 9.80 Å². The summed E-state index contributed by atoms with van der Waals surface area (Å²) in [6, 6.07) is 4.86. The van der Waals surface area contributed by atoms with Gasteiger partial charge in [-0.25, -0.2) is 17.8 Å². The maximum absolute atomic E-state index is 13.4. The van der Waals surface area contributed by atoms with E-state index < -0.39 is 15.8 Å². The second-order valence-corrected chi connectivity index (χ2v) is 8.09. The van der Waals surface area contributed by atoms with Crippen LogP contribution in [0, 0.1) is 5.82 Å². The Morgan fingerprint density at radius 2 is 1.92 bits per heavy atom. The third kappa shape index (κ3) is 4.04. The van der Waals surface area contributed by atoms with Crippen LogP contribution in [0.1, 0.15) is 19.3 Å². The van der Waals surface area contributed by atoms with Crippen LogP contribution >= 0.6 is 0 Å². The highest BCUT2D eigenvalue weighted by Gasteiger charge is 2.21. The molecule has 9 heteroatoms. The van der Waals surface area contributed by atoms with Gasteiger partial charge in [-0.1, -0.05) is 6.07 Å². The maximum atomic E-state index is 13.4. The first kappa shape index (κ1) is 18.4. The molecule has 0 atom stereocenters. The predicted octanol–water partition coefficient (Wildman–Crippen LogP) is 2.47. The number of hydrogen-bond acceptors (Lipinski definition) is 6. The minimum Gasteiger partial charge on any atom is -0.361 e. The molecule has 1 aromatic carbocycles. The molecule has 1 aromatic heterocycles. The Kier molecular flexibility index (Phi) is 5.26. The summed E-state index contributed by atoms with van der Waals surface area (Å²) < 4.78 is 40.9. The Balaban J connectivity index is 1.91. The molecule has 1 saturated heterocycles. The molecule has 1 fully saturated rings. The van der Waals surface area contributed by atoms with Crippen LogP contribution in [0.25, 0.3) is 0 Å². The first-order valence-corrected chi connectivity index (χ1v) is 9.93. The molecule has 1 aliphatic heterocycles. The molecule has 0 radical (unpaired) electrons. The number of nitrogens with one attached hydrogen (secondary N) is 1. The van der Waals surface area contributed by atoms with Crippen LogP contribution < -0.4 is 14.5 Å². The normalized spacial score (nSPS) is 15.0. The molecule has 1 N–H and O–H groups in total. The Hall–Kier alpha value is -2.42. The number of hydrogen-bond donors (Lipinski definition) is 1. The lowest BCUT2D eigenvalue weighted by Gasteiger charge is -2.28. The Bertz CT molecular complexity index is 882. The minimum absolute atomic E-state index is 0.151. The van der Waals surface area contributed by atoms with Crippen molar-refractivity contribution in [2.45, 2.75) is 24.2 Å². The number of benzene rings is 1. The van der Waals surface area contributed by atoms with Crippen molar-refractivity contribution in [2.75, 3.05) is 41.7 Å². The summed E-state index contributed by atoms with van der Waals surface area (Å²) in [7, 11) is -0.380. The van der Waals surface area contributed by atoms with Crippen LogP contribution in [0.5, 0.6) is 0 Å². The number of halogens is 1. The van der Waals surface area contributed by atoms with E-state index in [0.717, 1.165) is 32.0 Å². The predicted molar refractivity (Wildman–Crippen MR) is 99.6 cm³/mol. The third-order valence-electron chi connectivity index (χ3n) is 4.17. The highest BCUT2D eigenvalue weighted by molar-refractivity contribution is 7.92. The zero-order valence-corrected chi connectivity index (χ0v) is 15.6. The second kappa shape index (κ2) is 7.45. The zero-order valence-electron chi connectivity index (χ0n) is 14.8. The van der Waals surface area contributed by atoms with Crippen LogP contribution in [0.2, 0.25) is 0 Å². The number of aromatic nitrogens is 2. The molecule has 7 nitrogen and oxygen atoms in total. The van der Waals surface area contributed by atoms with Gasteiger partial charge in [-0.05, 0) is 37.5 Å². The Morgan fingerprint density at radius 1 is 1.19 bits per heavy atom. The van der Waals surface area contributed by atoms with Gasteiger partial charge in [-0.3, -0.25) is 4.72 Å². The van der Waals surface area contributed by atoms with E-state index >= 15 is 0 Å². The number of anilines is 3. The van der Waals surface area contributed by atoms with E-state index in [1.807, 2.05) is 0 Å². The van der Waals surface area contributed by atoms with Gasteiger partial charge in [0.2, 0.25) is 5.95 Å². The standard InChI is InChI=1S/C17H22FN5O2S/c1-22(2)16-15(12-19-17(20-16)23-9-4-3-5-10-23)21-26(24,25)14-8-6-7-13(18)11-14/h6-8,11-12,21H,3-5,9-10H2,1-2H3. The van der Waals surface area contributed by atoms with Crippen molar-refractivity contribution in [3.8, 4) is 0 Å². The fraction of sp³-hybridized carbons (Fsp3) is 0.412. The fourth-order valence-corrected chi connectivity index (χ4v) is 3.94. The van der Waals surface area contributed by atoms with Gasteiger partial charge in [0, 0.05) is 27.2 Å². The van der Waals surface area contributed by atoms with E-state index in [4.69, 9.17) is 0 Å². The maximum Gasteiger partial charge on any atom is 0.262 e. The Labute approximate surface area is 152 Å². The van der Waals surface area contributed by atoms with Crippen molar-refractivity contribution >= 4 is 27.5 Å². The number of nitrogens with zero attached hydrogens (tertiary/aromatic N) is 4. The largest absolute Gasteiger partial charge is 0.361 e. The van der Waals surface area contributed by atoms with Gasteiger partial charge in [0.15, 0.2) is 5.82 Å². The first-order valence-electron chi connectivity index (χ1n) is 8.44. The summed E-state index contributed by atoms with van der Waals surface area (Å²) in [5.74, 6) is 0.431. The topological polar surface area (TPSA) is 78.4 Å². The molecule has 0 saturated carbocycles. The van der Waals surface area contributed by atoms with Crippen LogP contribution in [0.15, 0.2) is 35.4 Å². The van der Waals surface area contributed by atoms with Gasteiger partial charge >= 0.3 is 0 Å². The van der Waals surface area contributed by atoms with Crippen molar-refractivity contribution in [3.05, 3.63) is 36.3 Å². The molecule has 1 aliphatic rings. The summed E-state index contributed by atoms with van der Waals surface area (Å²) in [6.07, 6.45) is 4.84. The molecule has 0 spiro atoms. The minimum atomic E-state index is -3.94. The van der Waals surface area contributed by atoms with Crippen molar-refractivity contribution in [1.82, 2.24) is 9.97 Å². The number of piperidine rings is 1. The smallest absolute Gasteiger partial charge is 0.262 e. The van der Waals surface area contributed by atoms with Gasteiger partial charge in [0.1, 0.15) is 11.5 Å². The van der Waals surface area contributed by atoms with Crippen LogP contribution in [-0.4, -0.2) is 45.6 Å². The number of sulfonamides is 1. The average Bonchev–Trinajstić information content (AvgIpc) is 2.62. The molecule has 0 aliphatic carbocycles. The molecule has 2 heterocycles. The van der Waals surface area contributed by atoms with E-state index in [-0.39, 0.29) is 10.6 Å². The van der Waals surface area contributed by atoms with Crippen molar-refractivity contribution in [2.24, 2.45) is 0 Å². The van der Waals surface area contributed by atoms with Crippen LogP contribution in [-0.2, 0) is 10.0 Å². The summed E-state index contributed by atoms with van der Waals surface area (Å²) in [4.78, 5) is 12.5. The van der Waals surface area contributed by atoms with Crippen LogP contribution in [0.3, 0.4) is 0 Å². The van der Waals surface area contributed by atoms with Crippen molar-refractivity contribution in [1.29, 1.82) is 0 Å². The van der Waals surface area contributed by atoms with E-state index in [1.54, 1.807) is 19.0 Å². The lowest BCUT2D eigenvalue weighted by Crippen LogP contribution is -2.31. The van der Waals surface area contributed by atoms with Gasteiger partial charge in [0.25, 0.3) is 10.0 Å². The van der Waals surface area contributed by atoms with Gasteiger partial charge in [-0.15, -0.1) is 0 Å². The SMILES string of the molecule is CN(C)c1nc(N2CCCCC2)ncc1NS(=O)(=O)c1cccc(F)c1. The van der Waals surface area contributed by atoms with E-state index in [2.05, 4.69) is 19.6 Å². The fourth-order valence-electron chi connectivity index (χ4n) is 2.86. The molecule has 0 unspecified atom stereocenters. The average molecular weight is 379 g/mol. The molecule has 2 aromatic rings. The quantitative estimate of drug-likeness (QED) is 0.860. The summed E-state index contributed by atoms with van der Waals surface area (Å²) in [5.41, 5.74) is 0.250. The molecule has 26 heavy (non-hydrogen) atoms. The van der Waals surface area contributed by atoms with E-state index in [1.165, 1.54) is 30.8 Å². The summed E-state index contributed by atoms with van der Waals surface area (Å²) >= 11 is 0. The van der Waals surface area contributed by atoms with Crippen molar-refractivity contribution in [3.63, 3.8) is 0 Å². The number of rotatable bonds is 5. The monoisotopic (exact) mass is 379 g/mol. The third-order valence-corrected chi connectivity index (χ3v) is 5.53. The van der Waals surface area contributed by atoms with E-state index in [0.29, 0.717) is 11.8 Å².